The fourth-order valence-corrected chi connectivity index (χ4v) is 4.04. The summed E-state index contributed by atoms with van der Waals surface area (Å²) in [4.78, 5) is 27.4. The van der Waals surface area contributed by atoms with Gasteiger partial charge in [-0.25, -0.2) is 4.79 Å². The summed E-state index contributed by atoms with van der Waals surface area (Å²) in [5, 5.41) is 8.68. The number of carbonyl (C=O) groups is 2. The largest absolute Gasteiger partial charge is 0.346 e. The van der Waals surface area contributed by atoms with Crippen molar-refractivity contribution < 1.29 is 9.59 Å². The van der Waals surface area contributed by atoms with Crippen LogP contribution in [0.1, 0.15) is 47.3 Å². The Labute approximate surface area is 195 Å². The van der Waals surface area contributed by atoms with Crippen molar-refractivity contribution in [2.75, 3.05) is 23.7 Å². The Bertz CT molecular complexity index is 1080. The van der Waals surface area contributed by atoms with Crippen LogP contribution < -0.4 is 16.0 Å². The van der Waals surface area contributed by atoms with Gasteiger partial charge >= 0.3 is 6.03 Å². The standard InChI is InChI=1S/C27H30N4O2/c1-20(28-26(32)23-9-7-8-21(18-23)19-31-16-5-6-17-31)22-12-14-25(15-13-22)30-27(33)29-24-10-3-2-4-11-24/h2-4,7-15,18,20H,5-6,16-17,19H2,1H3,(H,28,32)(H2,29,30,33). The Balaban J connectivity index is 1.31. The highest BCUT2D eigenvalue weighted by molar-refractivity contribution is 5.99. The number of rotatable bonds is 7. The number of likely N-dealkylation sites (tertiary alicyclic amines) is 1. The molecule has 3 aromatic carbocycles. The highest BCUT2D eigenvalue weighted by atomic mass is 16.2. The molecule has 170 valence electrons. The molecule has 4 rings (SSSR count). The van der Waals surface area contributed by atoms with E-state index in [4.69, 9.17) is 0 Å². The van der Waals surface area contributed by atoms with Crippen molar-refractivity contribution in [3.05, 3.63) is 95.6 Å². The summed E-state index contributed by atoms with van der Waals surface area (Å²) >= 11 is 0. The first kappa shape index (κ1) is 22.6. The fraction of sp³-hybridized carbons (Fsp3) is 0.259. The van der Waals surface area contributed by atoms with E-state index in [0.717, 1.165) is 30.9 Å². The van der Waals surface area contributed by atoms with E-state index < -0.39 is 0 Å². The van der Waals surface area contributed by atoms with Crippen molar-refractivity contribution >= 4 is 23.3 Å². The summed E-state index contributed by atoms with van der Waals surface area (Å²) in [6, 6.07) is 24.2. The average Bonchev–Trinajstić information content (AvgIpc) is 3.33. The molecule has 3 N–H and O–H groups in total. The van der Waals surface area contributed by atoms with Gasteiger partial charge in [0.25, 0.3) is 5.91 Å². The molecule has 0 spiro atoms. The van der Waals surface area contributed by atoms with Gasteiger partial charge in [-0.3, -0.25) is 9.69 Å². The van der Waals surface area contributed by atoms with Crippen LogP contribution in [0.4, 0.5) is 16.2 Å². The Morgan fingerprint density at radius 3 is 2.21 bits per heavy atom. The zero-order chi connectivity index (χ0) is 23.0. The second-order valence-corrected chi connectivity index (χ2v) is 8.45. The van der Waals surface area contributed by atoms with Crippen molar-refractivity contribution in [3.8, 4) is 0 Å². The number of amides is 3. The first-order valence-corrected chi connectivity index (χ1v) is 11.4. The van der Waals surface area contributed by atoms with Crippen molar-refractivity contribution in [3.63, 3.8) is 0 Å². The number of anilines is 2. The van der Waals surface area contributed by atoms with Crippen molar-refractivity contribution in [2.45, 2.75) is 32.4 Å². The van der Waals surface area contributed by atoms with Crippen LogP contribution in [0, 0.1) is 0 Å². The molecule has 1 unspecified atom stereocenters. The minimum absolute atomic E-state index is 0.0878. The minimum Gasteiger partial charge on any atom is -0.346 e. The molecule has 1 aliphatic heterocycles. The van der Waals surface area contributed by atoms with Gasteiger partial charge in [-0.1, -0.05) is 42.5 Å². The molecule has 3 amide bonds. The smallest absolute Gasteiger partial charge is 0.323 e. The van der Waals surface area contributed by atoms with E-state index >= 15 is 0 Å². The van der Waals surface area contributed by atoms with Gasteiger partial charge in [0.2, 0.25) is 0 Å². The predicted octanol–water partition coefficient (Wildman–Crippen LogP) is 5.42. The molecule has 6 nitrogen and oxygen atoms in total. The Morgan fingerprint density at radius 2 is 1.52 bits per heavy atom. The molecule has 33 heavy (non-hydrogen) atoms. The molecule has 0 aliphatic carbocycles. The topological polar surface area (TPSA) is 73.5 Å². The monoisotopic (exact) mass is 442 g/mol. The SMILES string of the molecule is CC(NC(=O)c1cccc(CN2CCCC2)c1)c1ccc(NC(=O)Nc2ccccc2)cc1. The zero-order valence-corrected chi connectivity index (χ0v) is 18.9. The Hall–Kier alpha value is -3.64. The van der Waals surface area contributed by atoms with Crippen LogP contribution in [0.15, 0.2) is 78.9 Å². The van der Waals surface area contributed by atoms with Crippen molar-refractivity contribution in [2.24, 2.45) is 0 Å². The quantitative estimate of drug-likeness (QED) is 0.458. The van der Waals surface area contributed by atoms with Crippen molar-refractivity contribution in [1.29, 1.82) is 0 Å². The number of nitrogens with zero attached hydrogens (tertiary/aromatic N) is 1. The molecule has 0 saturated carbocycles. The van der Waals surface area contributed by atoms with E-state index in [2.05, 4.69) is 26.9 Å². The third kappa shape index (κ3) is 6.43. The molecule has 1 atom stereocenters. The lowest BCUT2D eigenvalue weighted by molar-refractivity contribution is 0.0939. The summed E-state index contributed by atoms with van der Waals surface area (Å²) in [6.07, 6.45) is 2.51. The van der Waals surface area contributed by atoms with E-state index in [0.29, 0.717) is 11.3 Å². The number of para-hydroxylation sites is 1. The predicted molar refractivity (Wildman–Crippen MR) is 132 cm³/mol. The van der Waals surface area contributed by atoms with Gasteiger partial charge in [-0.2, -0.15) is 0 Å². The van der Waals surface area contributed by atoms with Crippen LogP contribution in [0.3, 0.4) is 0 Å². The molecular weight excluding hydrogens is 412 g/mol. The molecule has 1 fully saturated rings. The molecule has 0 aromatic heterocycles. The van der Waals surface area contributed by atoms with Gasteiger partial charge in [0, 0.05) is 23.5 Å². The number of urea groups is 1. The second kappa shape index (κ2) is 10.8. The lowest BCUT2D eigenvalue weighted by Crippen LogP contribution is -2.27. The highest BCUT2D eigenvalue weighted by Crippen LogP contribution is 2.18. The van der Waals surface area contributed by atoms with E-state index in [-0.39, 0.29) is 18.0 Å². The molecule has 0 radical (unpaired) electrons. The maximum Gasteiger partial charge on any atom is 0.323 e. The van der Waals surface area contributed by atoms with Gasteiger partial charge in [-0.05, 0) is 80.4 Å². The maximum atomic E-state index is 12.8. The average molecular weight is 443 g/mol. The van der Waals surface area contributed by atoms with Crippen LogP contribution in [0.25, 0.3) is 0 Å². The third-order valence-corrected chi connectivity index (χ3v) is 5.84. The fourth-order valence-electron chi connectivity index (χ4n) is 4.04. The summed E-state index contributed by atoms with van der Waals surface area (Å²) in [7, 11) is 0. The van der Waals surface area contributed by atoms with E-state index in [1.54, 1.807) is 0 Å². The Kier molecular flexibility index (Phi) is 7.37. The number of hydrogen-bond donors (Lipinski definition) is 3. The molecule has 3 aromatic rings. The molecule has 6 heteroatoms. The van der Waals surface area contributed by atoms with Gasteiger partial charge in [-0.15, -0.1) is 0 Å². The lowest BCUT2D eigenvalue weighted by atomic mass is 10.1. The van der Waals surface area contributed by atoms with Crippen LogP contribution in [0.5, 0.6) is 0 Å². The third-order valence-electron chi connectivity index (χ3n) is 5.84. The number of carbonyl (C=O) groups excluding carboxylic acids is 2. The molecular formula is C27H30N4O2. The van der Waals surface area contributed by atoms with Gasteiger partial charge in [0.1, 0.15) is 0 Å². The minimum atomic E-state index is -0.302. The normalized spacial score (nSPS) is 14.5. The number of nitrogens with one attached hydrogen (secondary N) is 3. The Morgan fingerprint density at radius 1 is 0.848 bits per heavy atom. The first-order chi connectivity index (χ1) is 16.1. The summed E-state index contributed by atoms with van der Waals surface area (Å²) < 4.78 is 0. The van der Waals surface area contributed by atoms with E-state index in [9.17, 15) is 9.59 Å². The maximum absolute atomic E-state index is 12.8. The highest BCUT2D eigenvalue weighted by Gasteiger charge is 2.15. The van der Waals surface area contributed by atoms with Gasteiger partial charge < -0.3 is 16.0 Å². The van der Waals surface area contributed by atoms with Gasteiger partial charge in [0.05, 0.1) is 6.04 Å². The van der Waals surface area contributed by atoms with Crippen LogP contribution in [-0.2, 0) is 6.54 Å². The van der Waals surface area contributed by atoms with E-state index in [1.165, 1.54) is 18.4 Å². The van der Waals surface area contributed by atoms with Crippen LogP contribution >= 0.6 is 0 Å². The lowest BCUT2D eigenvalue weighted by Gasteiger charge is -2.17. The van der Waals surface area contributed by atoms with Crippen molar-refractivity contribution in [1.82, 2.24) is 10.2 Å². The molecule has 0 bridgehead atoms. The molecule has 1 saturated heterocycles. The summed E-state index contributed by atoms with van der Waals surface area (Å²) in [5.74, 6) is -0.0878. The molecule has 1 heterocycles. The van der Waals surface area contributed by atoms with E-state index in [1.807, 2.05) is 79.7 Å². The van der Waals surface area contributed by atoms with Gasteiger partial charge in [0.15, 0.2) is 0 Å². The zero-order valence-electron chi connectivity index (χ0n) is 18.9. The second-order valence-electron chi connectivity index (χ2n) is 8.45. The number of hydrogen-bond acceptors (Lipinski definition) is 3. The van der Waals surface area contributed by atoms with Crippen LogP contribution in [0.2, 0.25) is 0 Å². The number of benzene rings is 3. The molecule has 1 aliphatic rings. The first-order valence-electron chi connectivity index (χ1n) is 11.4. The van der Waals surface area contributed by atoms with Crippen LogP contribution in [-0.4, -0.2) is 29.9 Å². The summed E-state index contributed by atoms with van der Waals surface area (Å²) in [6.45, 7) is 5.11. The summed E-state index contributed by atoms with van der Waals surface area (Å²) in [5.41, 5.74) is 4.22.